The molecule has 1 unspecified atom stereocenters. The van der Waals surface area contributed by atoms with Crippen LogP contribution in [0.2, 0.25) is 0 Å². The maximum atomic E-state index is 13.6. The summed E-state index contributed by atoms with van der Waals surface area (Å²) in [5.74, 6) is 6.38. The summed E-state index contributed by atoms with van der Waals surface area (Å²) < 4.78 is 18.7. The first-order valence-corrected chi connectivity index (χ1v) is 7.27. The van der Waals surface area contributed by atoms with Crippen molar-refractivity contribution in [3.05, 3.63) is 29.6 Å². The summed E-state index contributed by atoms with van der Waals surface area (Å²) in [6.45, 7) is 6.49. The van der Waals surface area contributed by atoms with Crippen LogP contribution in [0.5, 0.6) is 5.75 Å². The third-order valence-corrected chi connectivity index (χ3v) is 4.09. The second-order valence-electron chi connectivity index (χ2n) is 5.46. The van der Waals surface area contributed by atoms with Gasteiger partial charge in [-0.25, -0.2) is 4.39 Å². The molecule has 0 saturated heterocycles. The van der Waals surface area contributed by atoms with E-state index in [1.807, 2.05) is 17.8 Å². The van der Waals surface area contributed by atoms with Crippen molar-refractivity contribution in [2.24, 2.45) is 5.84 Å². The fraction of sp³-hybridized carbons (Fsp3) is 0.571. The maximum Gasteiger partial charge on any atom is 0.165 e. The Morgan fingerprint density at radius 1 is 1.42 bits per heavy atom. The number of benzene rings is 1. The van der Waals surface area contributed by atoms with E-state index in [1.54, 1.807) is 6.07 Å². The Balaban J connectivity index is 2.63. The van der Waals surface area contributed by atoms with Gasteiger partial charge in [0.1, 0.15) is 0 Å². The van der Waals surface area contributed by atoms with Gasteiger partial charge in [-0.05, 0) is 24.1 Å². The first kappa shape index (κ1) is 16.3. The molecule has 1 atom stereocenters. The minimum atomic E-state index is -0.334. The number of halogens is 1. The van der Waals surface area contributed by atoms with Gasteiger partial charge in [0.05, 0.1) is 7.11 Å². The van der Waals surface area contributed by atoms with Gasteiger partial charge in [-0.2, -0.15) is 11.8 Å². The number of ether oxygens (including phenoxy) is 1. The van der Waals surface area contributed by atoms with Crippen molar-refractivity contribution < 1.29 is 9.13 Å². The molecule has 108 valence electrons. The SMILES string of the molecule is COc1ccc(CC(CSC(C)(C)C)NN)cc1F. The van der Waals surface area contributed by atoms with E-state index >= 15 is 0 Å². The molecule has 1 rings (SSSR count). The zero-order chi connectivity index (χ0) is 14.5. The molecule has 0 aliphatic carbocycles. The Bertz CT molecular complexity index is 407. The number of nitrogens with one attached hydrogen (secondary N) is 1. The van der Waals surface area contributed by atoms with E-state index in [-0.39, 0.29) is 22.4 Å². The zero-order valence-electron chi connectivity index (χ0n) is 12.0. The molecule has 0 fully saturated rings. The molecule has 0 amide bonds. The lowest BCUT2D eigenvalue weighted by Crippen LogP contribution is -2.39. The van der Waals surface area contributed by atoms with Crippen LogP contribution < -0.4 is 16.0 Å². The quantitative estimate of drug-likeness (QED) is 0.623. The Kier molecular flexibility index (Phi) is 6.10. The van der Waals surface area contributed by atoms with E-state index in [2.05, 4.69) is 26.2 Å². The van der Waals surface area contributed by atoms with Crippen LogP contribution in [0.1, 0.15) is 26.3 Å². The molecule has 3 nitrogen and oxygen atoms in total. The van der Waals surface area contributed by atoms with E-state index in [0.717, 1.165) is 11.3 Å². The molecule has 1 aromatic carbocycles. The summed E-state index contributed by atoms with van der Waals surface area (Å²) >= 11 is 1.84. The van der Waals surface area contributed by atoms with Crippen LogP contribution >= 0.6 is 11.8 Å². The summed E-state index contributed by atoms with van der Waals surface area (Å²) in [5.41, 5.74) is 3.71. The lowest BCUT2D eigenvalue weighted by molar-refractivity contribution is 0.386. The van der Waals surface area contributed by atoms with Gasteiger partial charge in [0.2, 0.25) is 0 Å². The lowest BCUT2D eigenvalue weighted by Gasteiger charge is -2.22. The third kappa shape index (κ3) is 5.80. The molecular weight excluding hydrogens is 263 g/mol. The predicted octanol–water partition coefficient (Wildman–Crippen LogP) is 2.74. The van der Waals surface area contributed by atoms with Crippen molar-refractivity contribution in [1.82, 2.24) is 5.43 Å². The van der Waals surface area contributed by atoms with Crippen molar-refractivity contribution >= 4 is 11.8 Å². The zero-order valence-corrected chi connectivity index (χ0v) is 12.8. The number of rotatable bonds is 6. The maximum absolute atomic E-state index is 13.6. The molecule has 0 aromatic heterocycles. The number of methoxy groups -OCH3 is 1. The second kappa shape index (κ2) is 7.12. The van der Waals surface area contributed by atoms with Crippen LogP contribution in [0.3, 0.4) is 0 Å². The van der Waals surface area contributed by atoms with Gasteiger partial charge in [0.25, 0.3) is 0 Å². The van der Waals surface area contributed by atoms with Gasteiger partial charge in [0, 0.05) is 16.5 Å². The minimum Gasteiger partial charge on any atom is -0.494 e. The van der Waals surface area contributed by atoms with Crippen molar-refractivity contribution in [3.8, 4) is 5.75 Å². The van der Waals surface area contributed by atoms with Gasteiger partial charge >= 0.3 is 0 Å². The highest BCUT2D eigenvalue weighted by atomic mass is 32.2. The van der Waals surface area contributed by atoms with Gasteiger partial charge in [-0.1, -0.05) is 26.8 Å². The van der Waals surface area contributed by atoms with E-state index in [4.69, 9.17) is 10.6 Å². The molecular formula is C14H23FN2OS. The minimum absolute atomic E-state index is 0.122. The third-order valence-electron chi connectivity index (χ3n) is 2.65. The molecule has 0 bridgehead atoms. The van der Waals surface area contributed by atoms with Crippen molar-refractivity contribution in [1.29, 1.82) is 0 Å². The largest absolute Gasteiger partial charge is 0.494 e. The summed E-state index contributed by atoms with van der Waals surface area (Å²) in [6, 6.07) is 5.14. The van der Waals surface area contributed by atoms with Gasteiger partial charge in [-0.15, -0.1) is 0 Å². The van der Waals surface area contributed by atoms with Crippen LogP contribution in [0.15, 0.2) is 18.2 Å². The summed E-state index contributed by atoms with van der Waals surface area (Å²) in [6.07, 6.45) is 0.695. The normalized spacial score (nSPS) is 13.4. The van der Waals surface area contributed by atoms with E-state index in [9.17, 15) is 4.39 Å². The predicted molar refractivity (Wildman–Crippen MR) is 80.0 cm³/mol. The molecule has 0 saturated carbocycles. The van der Waals surface area contributed by atoms with E-state index < -0.39 is 0 Å². The smallest absolute Gasteiger partial charge is 0.165 e. The molecule has 0 aliphatic rings. The van der Waals surface area contributed by atoms with Crippen LogP contribution in [-0.2, 0) is 6.42 Å². The molecule has 0 spiro atoms. The molecule has 19 heavy (non-hydrogen) atoms. The molecule has 5 heteroatoms. The van der Waals surface area contributed by atoms with Crippen LogP contribution in [-0.4, -0.2) is 23.7 Å². The highest BCUT2D eigenvalue weighted by molar-refractivity contribution is 8.00. The molecule has 1 aromatic rings. The highest BCUT2D eigenvalue weighted by Gasteiger charge is 2.16. The molecule has 0 aliphatic heterocycles. The molecule has 0 radical (unpaired) electrons. The van der Waals surface area contributed by atoms with Crippen molar-refractivity contribution in [2.45, 2.75) is 38.0 Å². The van der Waals surface area contributed by atoms with Gasteiger partial charge in [0.15, 0.2) is 11.6 Å². The Morgan fingerprint density at radius 2 is 2.11 bits per heavy atom. The first-order valence-electron chi connectivity index (χ1n) is 6.28. The van der Waals surface area contributed by atoms with Crippen molar-refractivity contribution in [2.75, 3.05) is 12.9 Å². The number of thioether (sulfide) groups is 1. The summed E-state index contributed by atoms with van der Waals surface area (Å²) in [7, 11) is 1.46. The first-order chi connectivity index (χ1) is 8.85. The monoisotopic (exact) mass is 286 g/mol. The molecule has 0 heterocycles. The topological polar surface area (TPSA) is 47.3 Å². The fourth-order valence-electron chi connectivity index (χ4n) is 1.64. The number of hydrazine groups is 1. The average molecular weight is 286 g/mol. The second-order valence-corrected chi connectivity index (χ2v) is 7.31. The van der Waals surface area contributed by atoms with Gasteiger partial charge in [-0.3, -0.25) is 11.3 Å². The van der Waals surface area contributed by atoms with Crippen molar-refractivity contribution in [3.63, 3.8) is 0 Å². The number of hydrogen-bond donors (Lipinski definition) is 2. The van der Waals surface area contributed by atoms with E-state index in [0.29, 0.717) is 6.42 Å². The summed E-state index contributed by atoms with van der Waals surface area (Å²) in [4.78, 5) is 0. The number of hydrogen-bond acceptors (Lipinski definition) is 4. The Hall–Kier alpha value is -0.780. The highest BCUT2D eigenvalue weighted by Crippen LogP contribution is 2.25. The lowest BCUT2D eigenvalue weighted by atomic mass is 10.1. The Morgan fingerprint density at radius 3 is 2.58 bits per heavy atom. The standard InChI is InChI=1S/C14H23FN2OS/c1-14(2,3)19-9-11(17-16)7-10-5-6-13(18-4)12(15)8-10/h5-6,8,11,17H,7,9,16H2,1-4H3. The van der Waals surface area contributed by atoms with Crippen LogP contribution in [0.25, 0.3) is 0 Å². The fourth-order valence-corrected chi connectivity index (χ4v) is 2.55. The van der Waals surface area contributed by atoms with E-state index in [1.165, 1.54) is 13.2 Å². The summed E-state index contributed by atoms with van der Waals surface area (Å²) in [5, 5.41) is 0. The Labute approximate surface area is 119 Å². The molecule has 3 N–H and O–H groups in total. The van der Waals surface area contributed by atoms with Crippen LogP contribution in [0, 0.1) is 5.82 Å². The average Bonchev–Trinajstić information content (AvgIpc) is 2.33. The van der Waals surface area contributed by atoms with Gasteiger partial charge < -0.3 is 4.74 Å². The number of nitrogens with two attached hydrogens (primary N) is 1. The van der Waals surface area contributed by atoms with Crippen LogP contribution in [0.4, 0.5) is 4.39 Å².